The van der Waals surface area contributed by atoms with Crippen molar-refractivity contribution in [3.63, 3.8) is 0 Å². The minimum absolute atomic E-state index is 0.0278. The second-order valence-corrected chi connectivity index (χ2v) is 8.63. The van der Waals surface area contributed by atoms with E-state index in [2.05, 4.69) is 32.8 Å². The van der Waals surface area contributed by atoms with Crippen LogP contribution in [0, 0.1) is 0 Å². The average molecular weight is 370 g/mol. The Morgan fingerprint density at radius 3 is 2.84 bits per heavy atom. The van der Waals surface area contributed by atoms with E-state index in [9.17, 15) is 9.59 Å². The van der Waals surface area contributed by atoms with Crippen molar-refractivity contribution < 1.29 is 9.59 Å². The number of thioether (sulfide) groups is 1. The Hall–Kier alpha value is -0.990. The molecule has 3 fully saturated rings. The molecular formula is C17H31N5O2S. The monoisotopic (exact) mass is 369 g/mol. The van der Waals surface area contributed by atoms with Gasteiger partial charge in [-0.05, 0) is 19.9 Å². The number of hydrogen-bond acceptors (Lipinski definition) is 5. The summed E-state index contributed by atoms with van der Waals surface area (Å²) in [5.41, 5.74) is 0. The number of rotatable bonds is 8. The summed E-state index contributed by atoms with van der Waals surface area (Å²) in [6, 6.07) is 0.537. The van der Waals surface area contributed by atoms with E-state index in [0.717, 1.165) is 64.3 Å². The first-order valence-corrected chi connectivity index (χ1v) is 10.5. The van der Waals surface area contributed by atoms with Crippen molar-refractivity contribution in [3.8, 4) is 0 Å². The van der Waals surface area contributed by atoms with Crippen molar-refractivity contribution in [2.45, 2.75) is 43.0 Å². The topological polar surface area (TPSA) is 76.7 Å². The quantitative estimate of drug-likeness (QED) is 0.417. The molecule has 3 heterocycles. The normalized spacial score (nSPS) is 30.0. The van der Waals surface area contributed by atoms with Crippen molar-refractivity contribution in [2.75, 3.05) is 52.1 Å². The maximum absolute atomic E-state index is 11.9. The van der Waals surface area contributed by atoms with Crippen LogP contribution in [0.25, 0.3) is 0 Å². The van der Waals surface area contributed by atoms with Crippen LogP contribution in [0.1, 0.15) is 25.7 Å². The fourth-order valence-corrected chi connectivity index (χ4v) is 5.33. The van der Waals surface area contributed by atoms with E-state index in [-0.39, 0.29) is 18.0 Å². The van der Waals surface area contributed by atoms with Gasteiger partial charge in [-0.15, -0.1) is 0 Å². The zero-order valence-electron chi connectivity index (χ0n) is 15.1. The summed E-state index contributed by atoms with van der Waals surface area (Å²) < 4.78 is 0. The number of hydrogen-bond donors (Lipinski definition) is 3. The highest BCUT2D eigenvalue weighted by Crippen LogP contribution is 2.33. The Bertz CT molecular complexity index is 470. The van der Waals surface area contributed by atoms with Gasteiger partial charge in [-0.3, -0.25) is 9.69 Å². The summed E-state index contributed by atoms with van der Waals surface area (Å²) >= 11 is 1.94. The van der Waals surface area contributed by atoms with Crippen LogP contribution in [-0.2, 0) is 4.79 Å². The number of fused-ring (bicyclic) bond motifs is 1. The first-order valence-electron chi connectivity index (χ1n) is 9.48. The number of piperazine rings is 1. The second kappa shape index (κ2) is 9.09. The molecule has 0 spiro atoms. The molecule has 3 amide bonds. The van der Waals surface area contributed by atoms with Crippen molar-refractivity contribution in [2.24, 2.45) is 0 Å². The highest BCUT2D eigenvalue weighted by Gasteiger charge is 2.42. The molecule has 0 unspecified atom stereocenters. The molecule has 0 aromatic heterocycles. The smallest absolute Gasteiger partial charge is 0.315 e. The van der Waals surface area contributed by atoms with E-state index in [1.54, 1.807) is 0 Å². The lowest BCUT2D eigenvalue weighted by Gasteiger charge is -2.32. The number of nitrogens with zero attached hydrogens (tertiary/aromatic N) is 2. The lowest BCUT2D eigenvalue weighted by Crippen LogP contribution is -2.46. The maximum atomic E-state index is 11.9. The van der Waals surface area contributed by atoms with Crippen molar-refractivity contribution in [1.29, 1.82) is 0 Å². The van der Waals surface area contributed by atoms with E-state index in [4.69, 9.17) is 0 Å². The third-order valence-electron chi connectivity index (χ3n) is 5.43. The summed E-state index contributed by atoms with van der Waals surface area (Å²) in [5, 5.41) is 9.52. The number of amides is 3. The van der Waals surface area contributed by atoms with Crippen molar-refractivity contribution >= 4 is 23.7 Å². The van der Waals surface area contributed by atoms with E-state index in [1.165, 1.54) is 0 Å². The van der Waals surface area contributed by atoms with Crippen LogP contribution >= 0.6 is 11.8 Å². The van der Waals surface area contributed by atoms with Gasteiger partial charge in [0.05, 0.1) is 12.1 Å². The molecule has 3 aliphatic rings. The number of carbonyl (C=O) groups excluding carboxylic acids is 2. The van der Waals surface area contributed by atoms with Crippen LogP contribution in [0.5, 0.6) is 0 Å². The Kier molecular flexibility index (Phi) is 6.84. The van der Waals surface area contributed by atoms with Gasteiger partial charge >= 0.3 is 6.03 Å². The minimum Gasteiger partial charge on any atom is -0.355 e. The Labute approximate surface area is 154 Å². The predicted octanol–water partition coefficient (Wildman–Crippen LogP) is 0.0758. The van der Waals surface area contributed by atoms with Gasteiger partial charge in [0.1, 0.15) is 0 Å². The van der Waals surface area contributed by atoms with Gasteiger partial charge in [-0.25, -0.2) is 4.79 Å². The van der Waals surface area contributed by atoms with Crippen LogP contribution < -0.4 is 16.0 Å². The van der Waals surface area contributed by atoms with E-state index in [0.29, 0.717) is 17.7 Å². The maximum Gasteiger partial charge on any atom is 0.315 e. The first-order chi connectivity index (χ1) is 12.1. The molecule has 0 aromatic rings. The number of carbonyl (C=O) groups is 2. The highest BCUT2D eigenvalue weighted by atomic mass is 32.2. The standard InChI is InChI=1S/C17H31N5O2S/c1-21-8-10-22(11-9-21)7-6-18-15(23)5-3-2-4-14-16-13(12-25-14)19-17(24)20-16/h13-14,16H,2-12H2,1H3,(H,18,23)(H2,19,20,24)/t13-,14-,16-/m0/s1. The van der Waals surface area contributed by atoms with E-state index in [1.807, 2.05) is 11.8 Å². The molecule has 3 atom stereocenters. The lowest BCUT2D eigenvalue weighted by atomic mass is 10.0. The fourth-order valence-electron chi connectivity index (χ4n) is 3.79. The van der Waals surface area contributed by atoms with Gasteiger partial charge < -0.3 is 20.9 Å². The number of nitrogens with one attached hydrogen (secondary N) is 3. The predicted molar refractivity (Wildman–Crippen MR) is 101 cm³/mol. The van der Waals surface area contributed by atoms with Crippen LogP contribution in [0.15, 0.2) is 0 Å². The zero-order chi connectivity index (χ0) is 17.6. The largest absolute Gasteiger partial charge is 0.355 e. The Morgan fingerprint density at radius 1 is 1.24 bits per heavy atom. The summed E-state index contributed by atoms with van der Waals surface area (Å²) in [4.78, 5) is 28.1. The van der Waals surface area contributed by atoms with Gasteiger partial charge in [0.2, 0.25) is 5.91 Å². The van der Waals surface area contributed by atoms with Crippen LogP contribution in [0.2, 0.25) is 0 Å². The summed E-state index contributed by atoms with van der Waals surface area (Å²) in [7, 11) is 2.15. The van der Waals surface area contributed by atoms with Crippen LogP contribution in [0.3, 0.4) is 0 Å². The molecule has 0 radical (unpaired) electrons. The molecule has 0 saturated carbocycles. The number of likely N-dealkylation sites (N-methyl/N-ethyl adjacent to an activating group) is 1. The number of unbranched alkanes of at least 4 members (excludes halogenated alkanes) is 1. The summed E-state index contributed by atoms with van der Waals surface area (Å²) in [6.45, 7) is 6.13. The third-order valence-corrected chi connectivity index (χ3v) is 6.94. The third kappa shape index (κ3) is 5.49. The molecule has 3 saturated heterocycles. The molecule has 3 N–H and O–H groups in total. The van der Waals surface area contributed by atoms with E-state index >= 15 is 0 Å². The minimum atomic E-state index is -0.0278. The van der Waals surface area contributed by atoms with Gasteiger partial charge in [-0.2, -0.15) is 11.8 Å². The van der Waals surface area contributed by atoms with Gasteiger partial charge in [0.25, 0.3) is 0 Å². The molecule has 8 heteroatoms. The first kappa shape index (κ1) is 18.8. The Morgan fingerprint density at radius 2 is 2.04 bits per heavy atom. The van der Waals surface area contributed by atoms with Crippen molar-refractivity contribution in [1.82, 2.24) is 25.8 Å². The average Bonchev–Trinajstić information content (AvgIpc) is 3.13. The van der Waals surface area contributed by atoms with Gasteiger partial charge in [0, 0.05) is 56.7 Å². The molecule has 3 rings (SSSR count). The fraction of sp³-hybridized carbons (Fsp3) is 0.882. The number of urea groups is 1. The van der Waals surface area contributed by atoms with Crippen LogP contribution in [-0.4, -0.2) is 91.1 Å². The molecule has 3 aliphatic heterocycles. The molecule has 25 heavy (non-hydrogen) atoms. The molecule has 7 nitrogen and oxygen atoms in total. The zero-order valence-corrected chi connectivity index (χ0v) is 15.9. The summed E-state index contributed by atoms with van der Waals surface area (Å²) in [5.74, 6) is 1.17. The SMILES string of the molecule is CN1CCN(CCNC(=O)CCCC[C@@H]2SC[C@@H]3NC(=O)N[C@@H]32)CC1. The van der Waals surface area contributed by atoms with Gasteiger partial charge in [0.15, 0.2) is 0 Å². The molecule has 0 aromatic carbocycles. The van der Waals surface area contributed by atoms with Crippen LogP contribution in [0.4, 0.5) is 4.79 Å². The van der Waals surface area contributed by atoms with Gasteiger partial charge in [-0.1, -0.05) is 6.42 Å². The van der Waals surface area contributed by atoms with Crippen molar-refractivity contribution in [3.05, 3.63) is 0 Å². The Balaban J connectivity index is 1.21. The van der Waals surface area contributed by atoms with E-state index < -0.39 is 0 Å². The highest BCUT2D eigenvalue weighted by molar-refractivity contribution is 8.00. The molecular weight excluding hydrogens is 338 g/mol. The summed E-state index contributed by atoms with van der Waals surface area (Å²) in [6.07, 6.45) is 3.65. The lowest BCUT2D eigenvalue weighted by molar-refractivity contribution is -0.121. The second-order valence-electron chi connectivity index (χ2n) is 7.36. The molecule has 0 bridgehead atoms. The molecule has 142 valence electrons. The molecule has 0 aliphatic carbocycles.